The minimum atomic E-state index is -0.216. The molecule has 0 spiro atoms. The van der Waals surface area contributed by atoms with Gasteiger partial charge in [-0.3, -0.25) is 0 Å². The highest BCUT2D eigenvalue weighted by atomic mass is 16.5. The summed E-state index contributed by atoms with van der Waals surface area (Å²) >= 11 is 0. The third-order valence-electron chi connectivity index (χ3n) is 3.35. The smallest absolute Gasteiger partial charge is 0.148 e. The first-order chi connectivity index (χ1) is 8.36. The largest absolute Gasteiger partial charge is 0.363 e. The molecule has 1 aliphatic heterocycles. The van der Waals surface area contributed by atoms with Crippen LogP contribution in [0.1, 0.15) is 24.5 Å². The van der Waals surface area contributed by atoms with Crippen molar-refractivity contribution in [3.05, 3.63) is 48.0 Å². The number of hydrogen-bond acceptors (Lipinski definition) is 2. The lowest BCUT2D eigenvalue weighted by molar-refractivity contribution is -0.117. The van der Waals surface area contributed by atoms with E-state index in [9.17, 15) is 4.79 Å². The molecule has 17 heavy (non-hydrogen) atoms. The maximum atomic E-state index is 10.7. The highest BCUT2D eigenvalue weighted by molar-refractivity contribution is 5.83. The molecule has 86 valence electrons. The number of rotatable bonds is 2. The summed E-state index contributed by atoms with van der Waals surface area (Å²) in [6.07, 6.45) is 2.53. The van der Waals surface area contributed by atoms with Crippen molar-refractivity contribution in [3.8, 4) is 0 Å². The van der Waals surface area contributed by atoms with Crippen LogP contribution < -0.4 is 0 Å². The molecule has 2 aromatic rings. The van der Waals surface area contributed by atoms with E-state index in [1.54, 1.807) is 0 Å². The van der Waals surface area contributed by atoms with Gasteiger partial charge >= 0.3 is 0 Å². The average molecular weight is 226 g/mol. The monoisotopic (exact) mass is 226 g/mol. The molecule has 1 aliphatic rings. The Morgan fingerprint density at radius 3 is 2.65 bits per heavy atom. The molecule has 0 aliphatic carbocycles. The van der Waals surface area contributed by atoms with Gasteiger partial charge in [0.15, 0.2) is 0 Å². The minimum Gasteiger partial charge on any atom is -0.363 e. The van der Waals surface area contributed by atoms with Crippen LogP contribution in [-0.4, -0.2) is 12.4 Å². The minimum absolute atomic E-state index is 0.0785. The SMILES string of the molecule is O=C[C@@H]1CC[C@H](c2ccc3ccccc3c2)O1. The molecule has 1 heterocycles. The first-order valence-electron chi connectivity index (χ1n) is 5.96. The Kier molecular flexibility index (Phi) is 2.65. The number of carbonyl (C=O) groups is 1. The van der Waals surface area contributed by atoms with Crippen molar-refractivity contribution in [3.63, 3.8) is 0 Å². The lowest BCUT2D eigenvalue weighted by Crippen LogP contribution is -2.07. The van der Waals surface area contributed by atoms with Gasteiger partial charge in [-0.25, -0.2) is 0 Å². The van der Waals surface area contributed by atoms with E-state index < -0.39 is 0 Å². The zero-order chi connectivity index (χ0) is 11.7. The summed E-state index contributed by atoms with van der Waals surface area (Å²) in [7, 11) is 0. The zero-order valence-electron chi connectivity index (χ0n) is 9.50. The van der Waals surface area contributed by atoms with E-state index in [0.29, 0.717) is 0 Å². The third-order valence-corrected chi connectivity index (χ3v) is 3.35. The van der Waals surface area contributed by atoms with Crippen molar-refractivity contribution in [2.75, 3.05) is 0 Å². The van der Waals surface area contributed by atoms with Gasteiger partial charge in [-0.15, -0.1) is 0 Å². The van der Waals surface area contributed by atoms with Gasteiger partial charge in [0, 0.05) is 0 Å². The normalized spacial score (nSPS) is 24.0. The topological polar surface area (TPSA) is 26.3 Å². The molecule has 0 saturated carbocycles. The molecule has 1 saturated heterocycles. The van der Waals surface area contributed by atoms with Gasteiger partial charge < -0.3 is 9.53 Å². The second-order valence-electron chi connectivity index (χ2n) is 4.48. The molecular weight excluding hydrogens is 212 g/mol. The van der Waals surface area contributed by atoms with E-state index in [4.69, 9.17) is 4.74 Å². The van der Waals surface area contributed by atoms with E-state index in [1.807, 2.05) is 12.1 Å². The summed E-state index contributed by atoms with van der Waals surface area (Å²) in [5.41, 5.74) is 1.17. The van der Waals surface area contributed by atoms with Crippen LogP contribution >= 0.6 is 0 Å². The van der Waals surface area contributed by atoms with Crippen LogP contribution in [-0.2, 0) is 9.53 Å². The van der Waals surface area contributed by atoms with Gasteiger partial charge in [0.1, 0.15) is 12.4 Å². The summed E-state index contributed by atoms with van der Waals surface area (Å²) < 4.78 is 5.68. The van der Waals surface area contributed by atoms with E-state index in [1.165, 1.54) is 16.3 Å². The number of carbonyl (C=O) groups excluding carboxylic acids is 1. The van der Waals surface area contributed by atoms with Crippen LogP contribution in [0.4, 0.5) is 0 Å². The predicted octanol–water partition coefficient (Wildman–Crippen LogP) is 3.26. The second kappa shape index (κ2) is 4.30. The molecule has 0 bridgehead atoms. The molecule has 0 N–H and O–H groups in total. The fraction of sp³-hybridized carbons (Fsp3) is 0.267. The van der Waals surface area contributed by atoms with Gasteiger partial charge in [-0.1, -0.05) is 36.4 Å². The van der Waals surface area contributed by atoms with E-state index in [0.717, 1.165) is 19.1 Å². The molecule has 2 aromatic carbocycles. The Morgan fingerprint density at radius 1 is 1.06 bits per heavy atom. The summed E-state index contributed by atoms with van der Waals surface area (Å²) in [6.45, 7) is 0. The van der Waals surface area contributed by atoms with Gasteiger partial charge in [0.25, 0.3) is 0 Å². The summed E-state index contributed by atoms with van der Waals surface area (Å²) in [5, 5.41) is 2.46. The predicted molar refractivity (Wildman–Crippen MR) is 66.9 cm³/mol. The highest BCUT2D eigenvalue weighted by Crippen LogP contribution is 2.33. The number of benzene rings is 2. The van der Waals surface area contributed by atoms with Gasteiger partial charge in [0.2, 0.25) is 0 Å². The lowest BCUT2D eigenvalue weighted by Gasteiger charge is -2.11. The molecule has 1 fully saturated rings. The fourth-order valence-electron chi connectivity index (χ4n) is 2.42. The number of aldehydes is 1. The van der Waals surface area contributed by atoms with Crippen molar-refractivity contribution in [2.45, 2.75) is 25.0 Å². The van der Waals surface area contributed by atoms with Crippen molar-refractivity contribution in [1.29, 1.82) is 0 Å². The van der Waals surface area contributed by atoms with Gasteiger partial charge in [-0.05, 0) is 35.2 Å². The van der Waals surface area contributed by atoms with Crippen LogP contribution in [0, 0.1) is 0 Å². The molecule has 0 radical (unpaired) electrons. The van der Waals surface area contributed by atoms with Crippen LogP contribution in [0.2, 0.25) is 0 Å². The van der Waals surface area contributed by atoms with Gasteiger partial charge in [0.05, 0.1) is 6.10 Å². The van der Waals surface area contributed by atoms with Crippen LogP contribution in [0.5, 0.6) is 0 Å². The summed E-state index contributed by atoms with van der Waals surface area (Å²) in [5.74, 6) is 0. The Morgan fingerprint density at radius 2 is 1.88 bits per heavy atom. The maximum absolute atomic E-state index is 10.7. The molecule has 3 rings (SSSR count). The standard InChI is InChI=1S/C15H14O2/c16-10-14-7-8-15(17-14)13-6-5-11-3-1-2-4-12(11)9-13/h1-6,9-10,14-15H,7-8H2/t14-,15+/m0/s1. The van der Waals surface area contributed by atoms with Crippen molar-refractivity contribution < 1.29 is 9.53 Å². The molecule has 0 amide bonds. The van der Waals surface area contributed by atoms with Crippen LogP contribution in [0.25, 0.3) is 10.8 Å². The average Bonchev–Trinajstić information content (AvgIpc) is 2.87. The van der Waals surface area contributed by atoms with Crippen LogP contribution in [0.15, 0.2) is 42.5 Å². The summed E-state index contributed by atoms with van der Waals surface area (Å²) in [4.78, 5) is 10.7. The van der Waals surface area contributed by atoms with Crippen molar-refractivity contribution in [1.82, 2.24) is 0 Å². The molecule has 2 nitrogen and oxygen atoms in total. The molecule has 0 aromatic heterocycles. The molecule has 0 unspecified atom stereocenters. The molecule has 2 heteroatoms. The summed E-state index contributed by atoms with van der Waals surface area (Å²) in [6, 6.07) is 14.6. The maximum Gasteiger partial charge on any atom is 0.148 e. The molecule has 2 atom stereocenters. The Labute approximate surface area is 100 Å². The first-order valence-corrected chi connectivity index (χ1v) is 5.96. The third kappa shape index (κ3) is 1.96. The van der Waals surface area contributed by atoms with Gasteiger partial charge in [-0.2, -0.15) is 0 Å². The first kappa shape index (κ1) is 10.5. The van der Waals surface area contributed by atoms with E-state index in [-0.39, 0.29) is 12.2 Å². The Hall–Kier alpha value is -1.67. The van der Waals surface area contributed by atoms with E-state index in [2.05, 4.69) is 30.3 Å². The van der Waals surface area contributed by atoms with Crippen LogP contribution in [0.3, 0.4) is 0 Å². The highest BCUT2D eigenvalue weighted by Gasteiger charge is 2.25. The fourth-order valence-corrected chi connectivity index (χ4v) is 2.42. The lowest BCUT2D eigenvalue weighted by atomic mass is 10.0. The Balaban J connectivity index is 1.93. The Bertz CT molecular complexity index is 547. The number of ether oxygens (including phenoxy) is 1. The number of fused-ring (bicyclic) bond motifs is 1. The van der Waals surface area contributed by atoms with Crippen molar-refractivity contribution in [2.24, 2.45) is 0 Å². The van der Waals surface area contributed by atoms with E-state index >= 15 is 0 Å². The quantitative estimate of drug-likeness (QED) is 0.735. The van der Waals surface area contributed by atoms with Crippen molar-refractivity contribution >= 4 is 17.1 Å². The molecular formula is C15H14O2. The zero-order valence-corrected chi connectivity index (χ0v) is 9.50. The number of hydrogen-bond donors (Lipinski definition) is 0. The second-order valence-corrected chi connectivity index (χ2v) is 4.48.